The maximum absolute atomic E-state index is 12.0. The van der Waals surface area contributed by atoms with Crippen LogP contribution in [0.25, 0.3) is 5.70 Å². The number of allylic oxidation sites excluding steroid dienone is 1. The summed E-state index contributed by atoms with van der Waals surface area (Å²) in [7, 11) is 3.09. The summed E-state index contributed by atoms with van der Waals surface area (Å²) in [4.78, 5) is 5.95. The zero-order chi connectivity index (χ0) is 29.6. The Kier molecular flexibility index (Phi) is 21.1. The first-order valence-corrected chi connectivity index (χ1v) is 12.4. The average molecular weight is 537 g/mol. The van der Waals surface area contributed by atoms with Crippen molar-refractivity contribution in [2.24, 2.45) is 10.7 Å². The number of nitrogens with zero attached hydrogens (tertiary/aromatic N) is 2. The molecule has 0 aromatic heterocycles. The Hall–Kier alpha value is -3.30. The highest BCUT2D eigenvalue weighted by Crippen LogP contribution is 2.16. The van der Waals surface area contributed by atoms with Crippen LogP contribution in [-0.2, 0) is 0 Å². The summed E-state index contributed by atoms with van der Waals surface area (Å²) >= 11 is 0. The van der Waals surface area contributed by atoms with Gasteiger partial charge in [0.1, 0.15) is 12.4 Å². The molecule has 0 amide bonds. The summed E-state index contributed by atoms with van der Waals surface area (Å²) in [5.41, 5.74) is 8.71. The number of likely N-dealkylation sites (N-methyl/N-ethyl adjacent to an activating group) is 1. The second-order valence-electron chi connectivity index (χ2n) is 8.01. The predicted molar refractivity (Wildman–Crippen MR) is 159 cm³/mol. The molecule has 0 aliphatic heterocycles. The number of nitrogens with two attached hydrogens (primary N) is 1. The van der Waals surface area contributed by atoms with Crippen molar-refractivity contribution in [3.8, 4) is 0 Å². The van der Waals surface area contributed by atoms with Crippen molar-refractivity contribution >= 4 is 12.4 Å². The van der Waals surface area contributed by atoms with Crippen LogP contribution in [0.4, 0.5) is 13.2 Å². The van der Waals surface area contributed by atoms with Gasteiger partial charge in [-0.25, -0.2) is 4.99 Å². The van der Waals surface area contributed by atoms with E-state index >= 15 is 0 Å². The second kappa shape index (κ2) is 21.8. The van der Waals surface area contributed by atoms with E-state index in [1.165, 1.54) is 30.7 Å². The van der Waals surface area contributed by atoms with Gasteiger partial charge in [-0.2, -0.15) is 13.2 Å². The van der Waals surface area contributed by atoms with Crippen molar-refractivity contribution in [3.63, 3.8) is 0 Å². The number of nitrogens with one attached hydrogen (secondary N) is 3. The Morgan fingerprint density at radius 1 is 1.05 bits per heavy atom. The first kappa shape index (κ1) is 36.9. The molecular weight excluding hydrogens is 489 g/mol. The molecule has 0 aliphatic carbocycles. The Morgan fingerprint density at radius 2 is 1.66 bits per heavy atom. The molecule has 0 bridgehead atoms. The van der Waals surface area contributed by atoms with Crippen molar-refractivity contribution < 1.29 is 13.2 Å². The van der Waals surface area contributed by atoms with E-state index in [0.29, 0.717) is 11.3 Å². The summed E-state index contributed by atoms with van der Waals surface area (Å²) in [5, 5.41) is 8.25. The van der Waals surface area contributed by atoms with Crippen molar-refractivity contribution in [3.05, 3.63) is 91.0 Å². The Bertz CT molecular complexity index is 873. The van der Waals surface area contributed by atoms with Crippen molar-refractivity contribution in [2.75, 3.05) is 46.8 Å². The summed E-state index contributed by atoms with van der Waals surface area (Å²) in [6.45, 7) is 25.5. The number of alkyl halides is 3. The van der Waals surface area contributed by atoms with Gasteiger partial charge in [0.2, 0.25) is 0 Å². The Labute approximate surface area is 228 Å². The number of hydrogen-bond acceptors (Lipinski definition) is 6. The van der Waals surface area contributed by atoms with E-state index in [9.17, 15) is 13.2 Å². The molecule has 6 nitrogen and oxygen atoms in total. The molecule has 0 aliphatic rings. The molecule has 214 valence electrons. The minimum atomic E-state index is -4.32. The van der Waals surface area contributed by atoms with Crippen LogP contribution in [0.15, 0.2) is 84.8 Å². The van der Waals surface area contributed by atoms with Crippen LogP contribution < -0.4 is 21.7 Å². The van der Waals surface area contributed by atoms with Crippen LogP contribution in [-0.4, -0.2) is 64.6 Å². The summed E-state index contributed by atoms with van der Waals surface area (Å²) in [6, 6.07) is 8.48. The highest BCUT2D eigenvalue weighted by atomic mass is 19.4. The zero-order valence-corrected chi connectivity index (χ0v) is 23.6. The third-order valence-corrected chi connectivity index (χ3v) is 5.06. The van der Waals surface area contributed by atoms with E-state index < -0.39 is 12.7 Å². The van der Waals surface area contributed by atoms with E-state index in [-0.39, 0.29) is 5.82 Å². The fourth-order valence-electron chi connectivity index (χ4n) is 3.06. The van der Waals surface area contributed by atoms with Gasteiger partial charge >= 0.3 is 6.18 Å². The number of benzene rings is 1. The maximum atomic E-state index is 12.0. The van der Waals surface area contributed by atoms with Crippen LogP contribution in [0.3, 0.4) is 0 Å². The minimum absolute atomic E-state index is 0.00771. The fourth-order valence-corrected chi connectivity index (χ4v) is 3.06. The second-order valence-corrected chi connectivity index (χ2v) is 8.01. The van der Waals surface area contributed by atoms with Gasteiger partial charge in [-0.15, -0.1) is 6.58 Å². The molecule has 0 atom stereocenters. The predicted octanol–water partition coefficient (Wildman–Crippen LogP) is 5.39. The molecule has 0 fully saturated rings. The number of rotatable bonds is 16. The fraction of sp³-hybridized carbons (Fsp3) is 0.414. The monoisotopic (exact) mass is 536 g/mol. The van der Waals surface area contributed by atoms with Crippen LogP contribution >= 0.6 is 0 Å². The molecule has 38 heavy (non-hydrogen) atoms. The Morgan fingerprint density at radius 3 is 2.11 bits per heavy atom. The van der Waals surface area contributed by atoms with Crippen molar-refractivity contribution in [1.82, 2.24) is 20.9 Å². The van der Waals surface area contributed by atoms with E-state index in [0.717, 1.165) is 38.3 Å². The first-order chi connectivity index (χ1) is 18.0. The lowest BCUT2D eigenvalue weighted by Gasteiger charge is -2.21. The SMILES string of the molecule is C=C/C(C(=C)NC)=C(/N=C)NCC(F)(F)F.C=CCCN(CCC)CCNC(=C)c1ccc(C)cc1.CN. The number of aliphatic imine (C=N–C) groups is 1. The third kappa shape index (κ3) is 17.2. The minimum Gasteiger partial charge on any atom is -0.388 e. The van der Waals surface area contributed by atoms with Gasteiger partial charge in [-0.3, -0.25) is 0 Å². The largest absolute Gasteiger partial charge is 0.405 e. The third-order valence-electron chi connectivity index (χ3n) is 5.06. The number of aryl methyl sites for hydroxylation is 1. The molecule has 0 heterocycles. The average Bonchev–Trinajstić information content (AvgIpc) is 2.90. The summed E-state index contributed by atoms with van der Waals surface area (Å²) in [5.74, 6) is -0.00771. The number of hydrogen-bond donors (Lipinski definition) is 4. The van der Waals surface area contributed by atoms with E-state index in [1.807, 2.05) is 6.08 Å². The normalized spacial score (nSPS) is 11.0. The topological polar surface area (TPSA) is 77.7 Å². The Balaban J connectivity index is 0. The molecule has 0 spiro atoms. The molecule has 9 heteroatoms. The lowest BCUT2D eigenvalue weighted by molar-refractivity contribution is -0.123. The van der Waals surface area contributed by atoms with Crippen LogP contribution in [0, 0.1) is 6.92 Å². The van der Waals surface area contributed by atoms with E-state index in [1.54, 1.807) is 7.05 Å². The van der Waals surface area contributed by atoms with Crippen molar-refractivity contribution in [2.45, 2.75) is 32.9 Å². The molecule has 0 unspecified atom stereocenters. The van der Waals surface area contributed by atoms with Crippen LogP contribution in [0.2, 0.25) is 0 Å². The van der Waals surface area contributed by atoms with E-state index in [2.05, 4.69) is 103 Å². The highest BCUT2D eigenvalue weighted by molar-refractivity contribution is 5.61. The molecule has 1 aromatic rings. The maximum Gasteiger partial charge on any atom is 0.405 e. The van der Waals surface area contributed by atoms with Gasteiger partial charge < -0.3 is 26.6 Å². The standard InChI is InChI=1S/C18H28N2.C10H14F3N3.CH5N/c1-5-7-14-20(13-6-2)15-12-19-17(4)18-10-8-16(3)9-11-18;1-5-8(7(2)14-3)9(15-4)16-6-10(11,12)13;1-2/h5,8-11,19H,1,4,6-7,12-15H2,2-3H3;5,14,16H,1-2,4,6H2,3H3;2H2,1H3/b;9-8+;. The quantitative estimate of drug-likeness (QED) is 0.130. The molecule has 1 aromatic carbocycles. The summed E-state index contributed by atoms with van der Waals surface area (Å²) in [6.07, 6.45) is 1.27. The molecule has 5 N–H and O–H groups in total. The molecule has 0 saturated carbocycles. The zero-order valence-electron chi connectivity index (χ0n) is 23.6. The lowest BCUT2D eigenvalue weighted by Crippen LogP contribution is -2.32. The first-order valence-electron chi connectivity index (χ1n) is 12.4. The van der Waals surface area contributed by atoms with Gasteiger partial charge in [0.25, 0.3) is 0 Å². The van der Waals surface area contributed by atoms with Gasteiger partial charge in [-0.05, 0) is 45.6 Å². The van der Waals surface area contributed by atoms with Gasteiger partial charge in [0.05, 0.1) is 0 Å². The van der Waals surface area contributed by atoms with Crippen LogP contribution in [0.1, 0.15) is 30.9 Å². The van der Waals surface area contributed by atoms with Gasteiger partial charge in [-0.1, -0.05) is 68.6 Å². The van der Waals surface area contributed by atoms with Crippen LogP contribution in [0.5, 0.6) is 0 Å². The molecule has 0 saturated heterocycles. The van der Waals surface area contributed by atoms with Gasteiger partial charge in [0.15, 0.2) is 0 Å². The number of halogens is 3. The smallest absolute Gasteiger partial charge is 0.388 e. The molecule has 0 radical (unpaired) electrons. The van der Waals surface area contributed by atoms with Crippen molar-refractivity contribution in [1.29, 1.82) is 0 Å². The van der Waals surface area contributed by atoms with Gasteiger partial charge in [0, 0.05) is 43.6 Å². The molecule has 1 rings (SSSR count). The lowest BCUT2D eigenvalue weighted by atomic mass is 10.1. The summed E-state index contributed by atoms with van der Waals surface area (Å²) < 4.78 is 36.0. The highest BCUT2D eigenvalue weighted by Gasteiger charge is 2.27. The van der Waals surface area contributed by atoms with E-state index in [4.69, 9.17) is 0 Å². The molecular formula is C29H47F3N6.